The maximum absolute atomic E-state index is 12.3. The van der Waals surface area contributed by atoms with Crippen LogP contribution >= 0.6 is 25.3 Å². The van der Waals surface area contributed by atoms with E-state index in [0.717, 1.165) is 44.6 Å². The van der Waals surface area contributed by atoms with Crippen LogP contribution in [0.5, 0.6) is 0 Å². The van der Waals surface area contributed by atoms with Crippen LogP contribution in [0.4, 0.5) is 0 Å². The molecular formula is C30H44N4O2S2. The van der Waals surface area contributed by atoms with Crippen LogP contribution in [-0.4, -0.2) is 84.8 Å². The van der Waals surface area contributed by atoms with Gasteiger partial charge in [-0.3, -0.25) is 14.6 Å². The second-order valence-electron chi connectivity index (χ2n) is 10.6. The number of hydrogen-bond donors (Lipinski definition) is 3. The number of piperidine rings is 1. The molecule has 2 heterocycles. The molecule has 4 unspecified atom stereocenters. The minimum atomic E-state index is 0.0699. The Morgan fingerprint density at radius 3 is 2.68 bits per heavy atom. The zero-order valence-corrected chi connectivity index (χ0v) is 24.7. The van der Waals surface area contributed by atoms with Crippen LogP contribution in [-0.2, 0) is 9.63 Å². The Morgan fingerprint density at radius 1 is 1.13 bits per heavy atom. The number of nitrogens with zero attached hydrogens (tertiary/aromatic N) is 3. The lowest BCUT2D eigenvalue weighted by molar-refractivity contribution is -0.122. The third kappa shape index (κ3) is 7.06. The molecule has 208 valence electrons. The number of fused-ring (bicyclic) bond motifs is 3. The summed E-state index contributed by atoms with van der Waals surface area (Å²) in [6, 6.07) is 16.7. The second-order valence-corrected chi connectivity index (χ2v) is 11.5. The smallest absolute Gasteiger partial charge is 0.234 e. The van der Waals surface area contributed by atoms with Gasteiger partial charge < -0.3 is 10.2 Å². The van der Waals surface area contributed by atoms with Crippen LogP contribution in [0, 0.1) is 5.92 Å². The topological polar surface area (TPSA) is 57.2 Å². The maximum Gasteiger partial charge on any atom is 0.234 e. The van der Waals surface area contributed by atoms with Crippen molar-refractivity contribution in [1.82, 2.24) is 15.1 Å². The van der Waals surface area contributed by atoms with E-state index in [0.29, 0.717) is 42.8 Å². The molecular weight excluding hydrogens is 512 g/mol. The number of carbonyl (C=O) groups is 1. The van der Waals surface area contributed by atoms with E-state index in [1.807, 2.05) is 0 Å². The lowest BCUT2D eigenvalue weighted by Gasteiger charge is -2.45. The molecule has 2 bridgehead atoms. The lowest BCUT2D eigenvalue weighted by atomic mass is 9.72. The number of thiol groups is 2. The van der Waals surface area contributed by atoms with Gasteiger partial charge in [-0.2, -0.15) is 25.3 Å². The van der Waals surface area contributed by atoms with Crippen LogP contribution in [0.2, 0.25) is 0 Å². The van der Waals surface area contributed by atoms with E-state index in [1.165, 1.54) is 34.9 Å². The highest BCUT2D eigenvalue weighted by Gasteiger charge is 2.49. The number of rotatable bonds is 14. The summed E-state index contributed by atoms with van der Waals surface area (Å²) in [5, 5.41) is 10.1. The standard InChI is InChI=1S/C30H44N4O2S2/c1-3-27(32-36-2)30-26(24-10-9-22-7-4-5-8-23(22)19-24)20-25-11-12-28(30)34(25)15-6-14-33(16-18-38)21-29(35)31-13-17-37/h4-5,7-10,19,25-26,28,30,37-38H,3,6,11-18,20-21H2,1-2H3,(H,31,35)/b32-27-. The summed E-state index contributed by atoms with van der Waals surface area (Å²) in [5.74, 6) is 2.26. The number of hydrogen-bond acceptors (Lipinski definition) is 7. The summed E-state index contributed by atoms with van der Waals surface area (Å²) in [4.78, 5) is 22.6. The van der Waals surface area contributed by atoms with E-state index in [-0.39, 0.29) is 5.91 Å². The van der Waals surface area contributed by atoms with Crippen molar-refractivity contribution < 1.29 is 9.63 Å². The summed E-state index contributed by atoms with van der Waals surface area (Å²) >= 11 is 8.62. The van der Waals surface area contributed by atoms with Gasteiger partial charge in [0.05, 0.1) is 12.3 Å². The summed E-state index contributed by atoms with van der Waals surface area (Å²) in [6.07, 6.45) is 5.52. The van der Waals surface area contributed by atoms with Gasteiger partial charge in [-0.1, -0.05) is 54.5 Å². The van der Waals surface area contributed by atoms with Crippen LogP contribution < -0.4 is 5.32 Å². The molecule has 0 aliphatic carbocycles. The predicted molar refractivity (Wildman–Crippen MR) is 165 cm³/mol. The van der Waals surface area contributed by atoms with Gasteiger partial charge in [-0.15, -0.1) is 0 Å². The first-order chi connectivity index (χ1) is 18.6. The van der Waals surface area contributed by atoms with Crippen molar-refractivity contribution in [2.75, 3.05) is 51.3 Å². The molecule has 2 aliphatic rings. The van der Waals surface area contributed by atoms with Gasteiger partial charge in [0.1, 0.15) is 7.11 Å². The molecule has 2 aliphatic heterocycles. The molecule has 2 saturated heterocycles. The van der Waals surface area contributed by atoms with Gasteiger partial charge in [-0.05, 0) is 67.4 Å². The molecule has 0 spiro atoms. The average Bonchev–Trinajstić information content (AvgIpc) is 3.21. The minimum Gasteiger partial charge on any atom is -0.399 e. The van der Waals surface area contributed by atoms with Crippen molar-refractivity contribution in [3.8, 4) is 0 Å². The molecule has 2 aromatic rings. The molecule has 0 radical (unpaired) electrons. The average molecular weight is 557 g/mol. The summed E-state index contributed by atoms with van der Waals surface area (Å²) in [5.41, 5.74) is 2.60. The van der Waals surface area contributed by atoms with E-state index in [9.17, 15) is 4.79 Å². The summed E-state index contributed by atoms with van der Waals surface area (Å²) in [6.45, 7) is 5.99. The molecule has 1 N–H and O–H groups in total. The highest BCUT2D eigenvalue weighted by Crippen LogP contribution is 2.48. The van der Waals surface area contributed by atoms with Crippen molar-refractivity contribution in [3.05, 3.63) is 48.0 Å². The van der Waals surface area contributed by atoms with Crippen LogP contribution in [0.3, 0.4) is 0 Å². The third-order valence-corrected chi connectivity index (χ3v) is 8.75. The van der Waals surface area contributed by atoms with Gasteiger partial charge in [-0.25, -0.2) is 0 Å². The van der Waals surface area contributed by atoms with E-state index in [1.54, 1.807) is 7.11 Å². The van der Waals surface area contributed by atoms with Crippen LogP contribution in [0.25, 0.3) is 10.8 Å². The maximum atomic E-state index is 12.3. The van der Waals surface area contributed by atoms with Crippen molar-refractivity contribution in [1.29, 1.82) is 0 Å². The molecule has 38 heavy (non-hydrogen) atoms. The van der Waals surface area contributed by atoms with Crippen LogP contribution in [0.1, 0.15) is 50.5 Å². The first-order valence-corrected chi connectivity index (χ1v) is 15.4. The Balaban J connectivity index is 1.49. The van der Waals surface area contributed by atoms with E-state index < -0.39 is 0 Å². The Hall–Kier alpha value is -1.74. The van der Waals surface area contributed by atoms with E-state index in [2.05, 4.69) is 94.9 Å². The molecule has 2 fully saturated rings. The molecule has 0 aromatic heterocycles. The SMILES string of the molecule is CC/C(=N/OC)C1C(c2ccc3ccccc3c2)CC2CCC1N2CCCN(CCS)CC(=O)NCCS. The number of nitrogens with one attached hydrogen (secondary N) is 1. The molecule has 6 nitrogen and oxygen atoms in total. The predicted octanol–water partition coefficient (Wildman–Crippen LogP) is 4.86. The lowest BCUT2D eigenvalue weighted by Crippen LogP contribution is -2.51. The van der Waals surface area contributed by atoms with Gasteiger partial charge >= 0.3 is 0 Å². The largest absolute Gasteiger partial charge is 0.399 e. The fourth-order valence-corrected chi connectivity index (χ4v) is 7.11. The number of oxime groups is 1. The highest BCUT2D eigenvalue weighted by molar-refractivity contribution is 7.80. The normalized spacial score (nSPS) is 23.8. The summed E-state index contributed by atoms with van der Waals surface area (Å²) in [7, 11) is 1.67. The van der Waals surface area contributed by atoms with Crippen molar-refractivity contribution in [3.63, 3.8) is 0 Å². The fourth-order valence-electron chi connectivity index (χ4n) is 6.72. The number of amides is 1. The second kappa shape index (κ2) is 14.6. The Morgan fingerprint density at radius 2 is 1.95 bits per heavy atom. The Kier molecular flexibility index (Phi) is 11.2. The first-order valence-electron chi connectivity index (χ1n) is 14.1. The van der Waals surface area contributed by atoms with E-state index in [4.69, 9.17) is 4.84 Å². The van der Waals surface area contributed by atoms with Crippen LogP contribution in [0.15, 0.2) is 47.6 Å². The minimum absolute atomic E-state index is 0.0699. The van der Waals surface area contributed by atoms with Gasteiger partial charge in [0.25, 0.3) is 0 Å². The highest BCUT2D eigenvalue weighted by atomic mass is 32.1. The third-order valence-electron chi connectivity index (χ3n) is 8.33. The van der Waals surface area contributed by atoms with Gasteiger partial charge in [0, 0.05) is 42.6 Å². The zero-order chi connectivity index (χ0) is 26.9. The first kappa shape index (κ1) is 29.2. The zero-order valence-electron chi connectivity index (χ0n) is 22.9. The molecule has 4 rings (SSSR count). The number of benzene rings is 2. The Labute approximate surface area is 239 Å². The summed E-state index contributed by atoms with van der Waals surface area (Å²) < 4.78 is 0. The van der Waals surface area contributed by atoms with Gasteiger partial charge in [0.15, 0.2) is 0 Å². The van der Waals surface area contributed by atoms with Crippen molar-refractivity contribution in [2.24, 2.45) is 11.1 Å². The molecule has 1 amide bonds. The molecule has 2 aromatic carbocycles. The van der Waals surface area contributed by atoms with Crippen molar-refractivity contribution in [2.45, 2.75) is 57.0 Å². The van der Waals surface area contributed by atoms with Crippen molar-refractivity contribution >= 4 is 47.6 Å². The number of carbonyl (C=O) groups excluding carboxylic acids is 1. The molecule has 8 heteroatoms. The van der Waals surface area contributed by atoms with Gasteiger partial charge in [0.2, 0.25) is 5.91 Å². The quantitative estimate of drug-likeness (QED) is 0.177. The van der Waals surface area contributed by atoms with E-state index >= 15 is 0 Å². The molecule has 4 atom stereocenters. The molecule has 0 saturated carbocycles. The fraction of sp³-hybridized carbons (Fsp3) is 0.600. The Bertz CT molecular complexity index is 1080. The monoisotopic (exact) mass is 556 g/mol.